The van der Waals surface area contributed by atoms with Crippen molar-refractivity contribution in [3.05, 3.63) is 35.9 Å². The second kappa shape index (κ2) is 3.65. The van der Waals surface area contributed by atoms with Gasteiger partial charge in [0.15, 0.2) is 0 Å². The van der Waals surface area contributed by atoms with E-state index in [-0.39, 0.29) is 0 Å². The molecule has 74 valence electrons. The van der Waals surface area contributed by atoms with E-state index in [9.17, 15) is 0 Å². The first-order valence-electron chi connectivity index (χ1n) is 4.71. The third kappa shape index (κ3) is 2.02. The average Bonchev–Trinajstić information content (AvgIpc) is 2.72. The van der Waals surface area contributed by atoms with E-state index in [1.54, 1.807) is 0 Å². The van der Waals surface area contributed by atoms with Gasteiger partial charge in [-0.2, -0.15) is 10.2 Å². The van der Waals surface area contributed by atoms with Crippen LogP contribution in [0.15, 0.2) is 24.7 Å². The summed E-state index contributed by atoms with van der Waals surface area (Å²) in [5.41, 5.74) is 2.32. The van der Waals surface area contributed by atoms with E-state index in [2.05, 4.69) is 10.2 Å². The molecule has 0 N–H and O–H groups in total. The molecular weight excluding hydrogens is 176 g/mol. The molecule has 0 radical (unpaired) electrons. The van der Waals surface area contributed by atoms with E-state index < -0.39 is 0 Å². The number of aromatic nitrogens is 4. The van der Waals surface area contributed by atoms with Gasteiger partial charge in [-0.15, -0.1) is 0 Å². The summed E-state index contributed by atoms with van der Waals surface area (Å²) < 4.78 is 3.78. The number of aryl methyl sites for hydroxylation is 4. The molecule has 0 aliphatic heterocycles. The maximum Gasteiger partial charge on any atom is 0.0593 e. The highest BCUT2D eigenvalue weighted by Gasteiger charge is 1.98. The summed E-state index contributed by atoms with van der Waals surface area (Å²) in [6.07, 6.45) is 6.92. The van der Waals surface area contributed by atoms with Gasteiger partial charge >= 0.3 is 0 Å². The zero-order chi connectivity index (χ0) is 9.97. The fourth-order valence-electron chi connectivity index (χ4n) is 1.43. The molecule has 4 heteroatoms. The number of hydrogen-bond donors (Lipinski definition) is 0. The molecule has 0 aliphatic carbocycles. The van der Waals surface area contributed by atoms with E-state index in [1.807, 2.05) is 48.0 Å². The van der Waals surface area contributed by atoms with Crippen molar-refractivity contribution in [3.8, 4) is 0 Å². The van der Waals surface area contributed by atoms with Crippen molar-refractivity contribution in [1.82, 2.24) is 19.6 Å². The Morgan fingerprint density at radius 1 is 1.43 bits per heavy atom. The quantitative estimate of drug-likeness (QED) is 0.728. The van der Waals surface area contributed by atoms with Crippen molar-refractivity contribution < 1.29 is 0 Å². The first-order chi connectivity index (χ1) is 6.74. The Hall–Kier alpha value is -1.58. The van der Waals surface area contributed by atoms with Gasteiger partial charge in [0.1, 0.15) is 0 Å². The fraction of sp³-hybridized carbons (Fsp3) is 0.400. The van der Waals surface area contributed by atoms with Crippen LogP contribution in [-0.4, -0.2) is 19.6 Å². The van der Waals surface area contributed by atoms with E-state index in [1.165, 1.54) is 5.56 Å². The van der Waals surface area contributed by atoms with Crippen LogP contribution in [0.2, 0.25) is 0 Å². The molecule has 0 amide bonds. The normalized spacial score (nSPS) is 10.7. The Morgan fingerprint density at radius 3 is 2.86 bits per heavy atom. The van der Waals surface area contributed by atoms with Gasteiger partial charge < -0.3 is 0 Å². The third-order valence-electron chi connectivity index (χ3n) is 2.16. The van der Waals surface area contributed by atoms with Crippen LogP contribution >= 0.6 is 0 Å². The van der Waals surface area contributed by atoms with Crippen molar-refractivity contribution in [2.24, 2.45) is 7.05 Å². The standard InChI is InChI=1S/C10H14N4/c1-9-3-5-14(12-9)6-4-10-7-11-13(2)8-10/h3,5,7-8H,4,6H2,1-2H3. The van der Waals surface area contributed by atoms with Crippen molar-refractivity contribution >= 4 is 0 Å². The topological polar surface area (TPSA) is 35.6 Å². The van der Waals surface area contributed by atoms with Gasteiger partial charge in [-0.05, 0) is 25.0 Å². The summed E-state index contributed by atoms with van der Waals surface area (Å²) in [4.78, 5) is 0. The maximum atomic E-state index is 4.32. The highest BCUT2D eigenvalue weighted by molar-refractivity contribution is 5.03. The highest BCUT2D eigenvalue weighted by atomic mass is 15.3. The summed E-state index contributed by atoms with van der Waals surface area (Å²) >= 11 is 0. The molecule has 2 aromatic heterocycles. The van der Waals surface area contributed by atoms with Gasteiger partial charge in [0.2, 0.25) is 0 Å². The molecule has 0 fully saturated rings. The van der Waals surface area contributed by atoms with Crippen LogP contribution < -0.4 is 0 Å². The van der Waals surface area contributed by atoms with Gasteiger partial charge in [-0.1, -0.05) is 0 Å². The maximum absolute atomic E-state index is 4.32. The van der Waals surface area contributed by atoms with Gasteiger partial charge in [0.05, 0.1) is 11.9 Å². The number of rotatable bonds is 3. The lowest BCUT2D eigenvalue weighted by atomic mass is 10.2. The average molecular weight is 190 g/mol. The second-order valence-electron chi connectivity index (χ2n) is 3.49. The highest BCUT2D eigenvalue weighted by Crippen LogP contribution is 2.00. The van der Waals surface area contributed by atoms with Gasteiger partial charge in [-0.3, -0.25) is 9.36 Å². The smallest absolute Gasteiger partial charge is 0.0593 e. The van der Waals surface area contributed by atoms with Crippen LogP contribution in [-0.2, 0) is 20.0 Å². The van der Waals surface area contributed by atoms with Crippen LogP contribution in [0.4, 0.5) is 0 Å². The first-order valence-corrected chi connectivity index (χ1v) is 4.71. The lowest BCUT2D eigenvalue weighted by Gasteiger charge is -1.98. The largest absolute Gasteiger partial charge is 0.276 e. The molecule has 2 heterocycles. The Balaban J connectivity index is 1.94. The molecule has 0 unspecified atom stereocenters. The predicted octanol–water partition coefficient (Wildman–Crippen LogP) is 1.17. The molecule has 2 aromatic rings. The number of hydrogen-bond acceptors (Lipinski definition) is 2. The van der Waals surface area contributed by atoms with Crippen molar-refractivity contribution in [2.75, 3.05) is 0 Å². The van der Waals surface area contributed by atoms with Crippen LogP contribution in [0.5, 0.6) is 0 Å². The lowest BCUT2D eigenvalue weighted by Crippen LogP contribution is -2.01. The minimum absolute atomic E-state index is 0.916. The van der Waals surface area contributed by atoms with E-state index in [4.69, 9.17) is 0 Å². The van der Waals surface area contributed by atoms with Crippen LogP contribution in [0.1, 0.15) is 11.3 Å². The fourth-order valence-corrected chi connectivity index (χ4v) is 1.43. The molecule has 0 saturated carbocycles. The van der Waals surface area contributed by atoms with E-state index in [0.717, 1.165) is 18.7 Å². The summed E-state index contributed by atoms with van der Waals surface area (Å²) in [5, 5.41) is 8.44. The molecule has 4 nitrogen and oxygen atoms in total. The molecular formula is C10H14N4. The minimum Gasteiger partial charge on any atom is -0.276 e. The Labute approximate surface area is 83.2 Å². The zero-order valence-corrected chi connectivity index (χ0v) is 8.51. The molecule has 0 bridgehead atoms. The second-order valence-corrected chi connectivity index (χ2v) is 3.49. The van der Waals surface area contributed by atoms with Gasteiger partial charge in [-0.25, -0.2) is 0 Å². The Kier molecular flexibility index (Phi) is 2.35. The predicted molar refractivity (Wildman–Crippen MR) is 53.9 cm³/mol. The Bertz CT molecular complexity index is 373. The summed E-state index contributed by atoms with van der Waals surface area (Å²) in [6, 6.07) is 2.02. The van der Waals surface area contributed by atoms with Crippen molar-refractivity contribution in [2.45, 2.75) is 19.9 Å². The monoisotopic (exact) mass is 190 g/mol. The molecule has 0 aromatic carbocycles. The van der Waals surface area contributed by atoms with E-state index >= 15 is 0 Å². The molecule has 2 rings (SSSR count). The minimum atomic E-state index is 0.916. The van der Waals surface area contributed by atoms with Gasteiger partial charge in [0, 0.05) is 26.0 Å². The summed E-state index contributed by atoms with van der Waals surface area (Å²) in [7, 11) is 1.93. The Morgan fingerprint density at radius 2 is 2.29 bits per heavy atom. The molecule has 0 aliphatic rings. The molecule has 14 heavy (non-hydrogen) atoms. The number of nitrogens with zero attached hydrogens (tertiary/aromatic N) is 4. The molecule has 0 atom stereocenters. The van der Waals surface area contributed by atoms with Crippen molar-refractivity contribution in [1.29, 1.82) is 0 Å². The van der Waals surface area contributed by atoms with Crippen molar-refractivity contribution in [3.63, 3.8) is 0 Å². The molecule has 0 spiro atoms. The summed E-state index contributed by atoms with van der Waals surface area (Å²) in [5.74, 6) is 0. The lowest BCUT2D eigenvalue weighted by molar-refractivity contribution is 0.609. The van der Waals surface area contributed by atoms with E-state index in [0.29, 0.717) is 0 Å². The van der Waals surface area contributed by atoms with Crippen LogP contribution in [0, 0.1) is 6.92 Å². The zero-order valence-electron chi connectivity index (χ0n) is 8.51. The van der Waals surface area contributed by atoms with Gasteiger partial charge in [0.25, 0.3) is 0 Å². The first kappa shape index (κ1) is 8.99. The third-order valence-corrected chi connectivity index (χ3v) is 2.16. The van der Waals surface area contributed by atoms with Crippen LogP contribution in [0.3, 0.4) is 0 Å². The SMILES string of the molecule is Cc1ccn(CCc2cnn(C)c2)n1. The molecule has 0 saturated heterocycles. The van der Waals surface area contributed by atoms with Crippen LogP contribution in [0.25, 0.3) is 0 Å². The summed E-state index contributed by atoms with van der Waals surface area (Å²) in [6.45, 7) is 2.92.